The van der Waals surface area contributed by atoms with E-state index in [0.29, 0.717) is 10.6 Å². The Morgan fingerprint density at radius 1 is 1.15 bits per heavy atom. The Bertz CT molecular complexity index is 439. The molecule has 0 aliphatic carbocycles. The van der Waals surface area contributed by atoms with E-state index in [1.54, 1.807) is 6.92 Å². The van der Waals surface area contributed by atoms with Crippen LogP contribution in [0.1, 0.15) is 5.56 Å². The molecular formula is C7H5Cl3O2S. The Hall–Kier alpha value is 0.0400. The average Bonchev–Trinajstić information content (AvgIpc) is 1.94. The van der Waals surface area contributed by atoms with Crippen molar-refractivity contribution in [2.45, 2.75) is 11.8 Å². The minimum absolute atomic E-state index is 0.0330. The molecule has 6 heteroatoms. The van der Waals surface area contributed by atoms with Crippen molar-refractivity contribution in [3.05, 3.63) is 27.7 Å². The first-order chi connectivity index (χ1) is 5.82. The van der Waals surface area contributed by atoms with Crippen LogP contribution in [0.15, 0.2) is 17.0 Å². The van der Waals surface area contributed by atoms with E-state index in [1.165, 1.54) is 12.1 Å². The minimum atomic E-state index is -3.79. The summed E-state index contributed by atoms with van der Waals surface area (Å²) < 4.78 is 21.9. The fraction of sp³-hybridized carbons (Fsp3) is 0.143. The molecule has 0 saturated heterocycles. The quantitative estimate of drug-likeness (QED) is 0.726. The summed E-state index contributed by atoms with van der Waals surface area (Å²) in [7, 11) is 1.34. The van der Waals surface area contributed by atoms with E-state index in [0.717, 1.165) is 0 Å². The Balaban J connectivity index is 3.50. The lowest BCUT2D eigenvalue weighted by Crippen LogP contribution is -1.93. The van der Waals surface area contributed by atoms with Gasteiger partial charge in [0.2, 0.25) is 0 Å². The molecule has 0 atom stereocenters. The molecule has 0 aliphatic heterocycles. The van der Waals surface area contributed by atoms with E-state index in [2.05, 4.69) is 0 Å². The number of halogens is 3. The Labute approximate surface area is 90.8 Å². The second-order valence-electron chi connectivity index (χ2n) is 2.47. The first kappa shape index (κ1) is 11.1. The lowest BCUT2D eigenvalue weighted by Gasteiger charge is -2.03. The molecular weight excluding hydrogens is 255 g/mol. The van der Waals surface area contributed by atoms with Crippen LogP contribution in [-0.2, 0) is 9.05 Å². The SMILES string of the molecule is Cc1cc(S(=O)(=O)Cl)c(Cl)cc1Cl. The number of rotatable bonds is 1. The molecule has 0 aromatic heterocycles. The van der Waals surface area contributed by atoms with Gasteiger partial charge in [-0.3, -0.25) is 0 Å². The fourth-order valence-electron chi connectivity index (χ4n) is 0.818. The van der Waals surface area contributed by atoms with Crippen molar-refractivity contribution in [3.63, 3.8) is 0 Å². The van der Waals surface area contributed by atoms with Crippen molar-refractivity contribution in [3.8, 4) is 0 Å². The minimum Gasteiger partial charge on any atom is -0.207 e. The molecule has 1 rings (SSSR count). The highest BCUT2D eigenvalue weighted by Crippen LogP contribution is 2.29. The molecule has 0 fully saturated rings. The lowest BCUT2D eigenvalue weighted by molar-refractivity contribution is 0.609. The lowest BCUT2D eigenvalue weighted by atomic mass is 10.2. The van der Waals surface area contributed by atoms with Crippen molar-refractivity contribution < 1.29 is 8.42 Å². The van der Waals surface area contributed by atoms with E-state index in [4.69, 9.17) is 33.9 Å². The third kappa shape index (κ3) is 2.50. The molecule has 13 heavy (non-hydrogen) atoms. The van der Waals surface area contributed by atoms with Gasteiger partial charge in [-0.1, -0.05) is 23.2 Å². The summed E-state index contributed by atoms with van der Waals surface area (Å²) in [6.07, 6.45) is 0. The predicted octanol–water partition coefficient (Wildman–Crippen LogP) is 3.23. The molecule has 0 saturated carbocycles. The van der Waals surface area contributed by atoms with Crippen molar-refractivity contribution in [1.82, 2.24) is 0 Å². The van der Waals surface area contributed by atoms with Crippen LogP contribution in [-0.4, -0.2) is 8.42 Å². The van der Waals surface area contributed by atoms with Gasteiger partial charge in [-0.25, -0.2) is 8.42 Å². The van der Waals surface area contributed by atoms with Crippen LogP contribution in [0.2, 0.25) is 10.0 Å². The topological polar surface area (TPSA) is 34.1 Å². The van der Waals surface area contributed by atoms with Gasteiger partial charge in [0, 0.05) is 15.7 Å². The van der Waals surface area contributed by atoms with E-state index < -0.39 is 9.05 Å². The normalized spacial score (nSPS) is 11.7. The summed E-state index contributed by atoms with van der Waals surface area (Å²) in [5.41, 5.74) is 0.616. The number of hydrogen-bond acceptors (Lipinski definition) is 2. The summed E-state index contributed by atoms with van der Waals surface area (Å²) in [5.74, 6) is 0. The maximum atomic E-state index is 11.0. The summed E-state index contributed by atoms with van der Waals surface area (Å²) in [6, 6.07) is 2.70. The molecule has 0 N–H and O–H groups in total. The van der Waals surface area contributed by atoms with Crippen LogP contribution in [0.5, 0.6) is 0 Å². The number of aryl methyl sites for hydroxylation is 1. The summed E-state index contributed by atoms with van der Waals surface area (Å²) in [6.45, 7) is 1.67. The van der Waals surface area contributed by atoms with Gasteiger partial charge in [0.25, 0.3) is 9.05 Å². The molecule has 0 radical (unpaired) electrons. The third-order valence-electron chi connectivity index (χ3n) is 1.48. The van der Waals surface area contributed by atoms with Crippen LogP contribution in [0.25, 0.3) is 0 Å². The molecule has 0 unspecified atom stereocenters. The van der Waals surface area contributed by atoms with Gasteiger partial charge < -0.3 is 0 Å². The molecule has 0 bridgehead atoms. The molecule has 0 amide bonds. The van der Waals surface area contributed by atoms with Crippen LogP contribution in [0.3, 0.4) is 0 Å². The number of benzene rings is 1. The predicted molar refractivity (Wildman–Crippen MR) is 54.2 cm³/mol. The maximum Gasteiger partial charge on any atom is 0.262 e. The standard InChI is InChI=1S/C7H5Cl3O2S/c1-4-2-7(13(10,11)12)6(9)3-5(4)8/h2-3H,1H3. The monoisotopic (exact) mass is 258 g/mol. The Morgan fingerprint density at radius 3 is 2.15 bits per heavy atom. The van der Waals surface area contributed by atoms with Gasteiger partial charge >= 0.3 is 0 Å². The molecule has 0 aliphatic rings. The van der Waals surface area contributed by atoms with Gasteiger partial charge in [-0.2, -0.15) is 0 Å². The molecule has 0 spiro atoms. The maximum absolute atomic E-state index is 11.0. The van der Waals surface area contributed by atoms with Crippen LogP contribution < -0.4 is 0 Å². The highest BCUT2D eigenvalue weighted by molar-refractivity contribution is 8.13. The Kier molecular flexibility index (Phi) is 3.12. The van der Waals surface area contributed by atoms with Crippen molar-refractivity contribution >= 4 is 42.9 Å². The fourth-order valence-corrected chi connectivity index (χ4v) is 2.62. The van der Waals surface area contributed by atoms with E-state index in [9.17, 15) is 8.42 Å². The van der Waals surface area contributed by atoms with Gasteiger partial charge in [0.1, 0.15) is 4.90 Å². The van der Waals surface area contributed by atoms with Crippen LogP contribution >= 0.6 is 33.9 Å². The van der Waals surface area contributed by atoms with Crippen LogP contribution in [0, 0.1) is 6.92 Å². The summed E-state index contributed by atoms with van der Waals surface area (Å²) in [4.78, 5) is -0.113. The van der Waals surface area contributed by atoms with Gasteiger partial charge in [0.05, 0.1) is 5.02 Å². The van der Waals surface area contributed by atoms with Crippen LogP contribution in [0.4, 0.5) is 0 Å². The molecule has 2 nitrogen and oxygen atoms in total. The molecule has 1 aromatic carbocycles. The second kappa shape index (κ2) is 3.65. The zero-order chi connectivity index (χ0) is 10.2. The molecule has 0 heterocycles. The van der Waals surface area contributed by atoms with Gasteiger partial charge in [-0.15, -0.1) is 0 Å². The van der Waals surface area contributed by atoms with E-state index in [1.807, 2.05) is 0 Å². The van der Waals surface area contributed by atoms with E-state index >= 15 is 0 Å². The molecule has 1 aromatic rings. The van der Waals surface area contributed by atoms with Crippen molar-refractivity contribution in [1.29, 1.82) is 0 Å². The van der Waals surface area contributed by atoms with Gasteiger partial charge in [-0.05, 0) is 24.6 Å². The smallest absolute Gasteiger partial charge is 0.207 e. The van der Waals surface area contributed by atoms with Gasteiger partial charge in [0.15, 0.2) is 0 Å². The van der Waals surface area contributed by atoms with E-state index in [-0.39, 0.29) is 9.92 Å². The van der Waals surface area contributed by atoms with Crippen molar-refractivity contribution in [2.75, 3.05) is 0 Å². The summed E-state index contributed by atoms with van der Waals surface area (Å²) in [5, 5.41) is 0.444. The first-order valence-corrected chi connectivity index (χ1v) is 6.29. The zero-order valence-corrected chi connectivity index (χ0v) is 9.60. The average molecular weight is 260 g/mol. The first-order valence-electron chi connectivity index (χ1n) is 3.22. The second-order valence-corrected chi connectivity index (χ2v) is 5.82. The van der Waals surface area contributed by atoms with Crippen molar-refractivity contribution in [2.24, 2.45) is 0 Å². The summed E-state index contributed by atoms with van der Waals surface area (Å²) >= 11 is 11.4. The zero-order valence-electron chi connectivity index (χ0n) is 6.51. The molecule has 72 valence electrons. The highest BCUT2D eigenvalue weighted by atomic mass is 35.7. The number of hydrogen-bond donors (Lipinski definition) is 0. The Morgan fingerprint density at radius 2 is 1.69 bits per heavy atom. The largest absolute Gasteiger partial charge is 0.262 e. The third-order valence-corrected chi connectivity index (χ3v) is 3.67. The highest BCUT2D eigenvalue weighted by Gasteiger charge is 2.15.